The van der Waals surface area contributed by atoms with E-state index in [1.165, 1.54) is 7.11 Å². The van der Waals surface area contributed by atoms with Crippen molar-refractivity contribution in [2.24, 2.45) is 18.0 Å². The molecular weight excluding hydrogens is 463 g/mol. The standard InChI is InChI=1S/C14H23BrN4O2.HI/c1-10(13(20)21-5)7-17-14(16-2)19(4)9-12-6-11(15)8-18(12)3;/h6,8,10H,7,9H2,1-5H3,(H,16,17);1H. The van der Waals surface area contributed by atoms with Gasteiger partial charge in [-0.25, -0.2) is 0 Å². The molecule has 0 aliphatic rings. The Morgan fingerprint density at radius 3 is 2.68 bits per heavy atom. The first-order valence-corrected chi connectivity index (χ1v) is 7.48. The monoisotopic (exact) mass is 486 g/mol. The molecule has 126 valence electrons. The number of guanidine groups is 1. The molecule has 0 amide bonds. The van der Waals surface area contributed by atoms with Crippen molar-refractivity contribution >= 4 is 51.8 Å². The Hall–Kier alpha value is -0.770. The molecule has 0 saturated carbocycles. The lowest BCUT2D eigenvalue weighted by molar-refractivity contribution is -0.144. The van der Waals surface area contributed by atoms with E-state index in [9.17, 15) is 4.79 Å². The third kappa shape index (κ3) is 6.15. The lowest BCUT2D eigenvalue weighted by atomic mass is 10.2. The zero-order valence-corrected chi connectivity index (χ0v) is 17.5. The summed E-state index contributed by atoms with van der Waals surface area (Å²) in [5.41, 5.74) is 1.16. The topological polar surface area (TPSA) is 58.9 Å². The predicted octanol–water partition coefficient (Wildman–Crippen LogP) is 2.22. The molecule has 1 aromatic rings. The summed E-state index contributed by atoms with van der Waals surface area (Å²) in [7, 11) is 7.08. The molecule has 1 aromatic heterocycles. The van der Waals surface area contributed by atoms with Crippen molar-refractivity contribution in [3.8, 4) is 0 Å². The fourth-order valence-corrected chi connectivity index (χ4v) is 2.53. The van der Waals surface area contributed by atoms with E-state index in [-0.39, 0.29) is 35.9 Å². The molecule has 0 bridgehead atoms. The van der Waals surface area contributed by atoms with Crippen LogP contribution in [0.1, 0.15) is 12.6 Å². The normalized spacial score (nSPS) is 12.4. The molecule has 0 radical (unpaired) electrons. The maximum absolute atomic E-state index is 11.4. The maximum atomic E-state index is 11.4. The molecule has 0 aliphatic carbocycles. The van der Waals surface area contributed by atoms with Gasteiger partial charge in [0.05, 0.1) is 19.6 Å². The number of aryl methyl sites for hydroxylation is 1. The third-order valence-corrected chi connectivity index (χ3v) is 3.65. The van der Waals surface area contributed by atoms with Crippen LogP contribution in [0.25, 0.3) is 0 Å². The number of nitrogens with one attached hydrogen (secondary N) is 1. The van der Waals surface area contributed by atoms with Crippen LogP contribution in [-0.4, -0.2) is 49.1 Å². The number of esters is 1. The number of hydrogen-bond acceptors (Lipinski definition) is 3. The number of nitrogens with zero attached hydrogens (tertiary/aromatic N) is 3. The number of halogens is 2. The van der Waals surface area contributed by atoms with Gasteiger partial charge >= 0.3 is 5.97 Å². The second-order valence-corrected chi connectivity index (χ2v) is 5.88. The fraction of sp³-hybridized carbons (Fsp3) is 0.571. The second-order valence-electron chi connectivity index (χ2n) is 4.97. The Morgan fingerprint density at radius 2 is 2.23 bits per heavy atom. The predicted molar refractivity (Wildman–Crippen MR) is 103 cm³/mol. The fourth-order valence-electron chi connectivity index (χ4n) is 1.95. The first-order chi connectivity index (χ1) is 9.88. The number of carbonyl (C=O) groups excluding carboxylic acids is 1. The lowest BCUT2D eigenvalue weighted by Gasteiger charge is -2.23. The average Bonchev–Trinajstić information content (AvgIpc) is 2.76. The van der Waals surface area contributed by atoms with E-state index in [0.29, 0.717) is 13.1 Å². The minimum atomic E-state index is -0.230. The molecule has 1 rings (SSSR count). The van der Waals surface area contributed by atoms with Gasteiger partial charge in [-0.3, -0.25) is 9.79 Å². The molecular formula is C14H24BrIN4O2. The highest BCUT2D eigenvalue weighted by molar-refractivity contribution is 14.0. The van der Waals surface area contributed by atoms with Crippen molar-refractivity contribution in [3.63, 3.8) is 0 Å². The largest absolute Gasteiger partial charge is 0.469 e. The van der Waals surface area contributed by atoms with Gasteiger partial charge in [0.25, 0.3) is 0 Å². The summed E-state index contributed by atoms with van der Waals surface area (Å²) in [6.45, 7) is 3.02. The number of methoxy groups -OCH3 is 1. The quantitative estimate of drug-likeness (QED) is 0.300. The zero-order valence-electron chi connectivity index (χ0n) is 13.6. The van der Waals surface area contributed by atoms with Crippen LogP contribution in [0.2, 0.25) is 0 Å². The zero-order chi connectivity index (χ0) is 16.0. The Balaban J connectivity index is 0.00000441. The van der Waals surface area contributed by atoms with Crippen LogP contribution in [-0.2, 0) is 23.1 Å². The molecule has 1 heterocycles. The minimum absolute atomic E-state index is 0. The summed E-state index contributed by atoms with van der Waals surface area (Å²) in [5, 5.41) is 3.18. The summed E-state index contributed by atoms with van der Waals surface area (Å²) in [5.74, 6) is 0.291. The van der Waals surface area contributed by atoms with Gasteiger partial charge in [0.1, 0.15) is 0 Å². The average molecular weight is 487 g/mol. The highest BCUT2D eigenvalue weighted by Gasteiger charge is 2.15. The molecule has 0 aliphatic heterocycles. The molecule has 8 heteroatoms. The molecule has 6 nitrogen and oxygen atoms in total. The van der Waals surface area contributed by atoms with Gasteiger partial charge < -0.3 is 19.5 Å². The Bertz CT molecular complexity index is 519. The van der Waals surface area contributed by atoms with Crippen LogP contribution in [0.4, 0.5) is 0 Å². The van der Waals surface area contributed by atoms with Crippen LogP contribution in [0.15, 0.2) is 21.7 Å². The van der Waals surface area contributed by atoms with Gasteiger partial charge in [-0.15, -0.1) is 24.0 Å². The van der Waals surface area contributed by atoms with Crippen LogP contribution in [0, 0.1) is 5.92 Å². The molecule has 22 heavy (non-hydrogen) atoms. The van der Waals surface area contributed by atoms with Crippen molar-refractivity contribution in [2.45, 2.75) is 13.5 Å². The molecule has 0 aromatic carbocycles. The number of aromatic nitrogens is 1. The molecule has 1 N–H and O–H groups in total. The van der Waals surface area contributed by atoms with E-state index in [2.05, 4.69) is 36.9 Å². The number of carbonyl (C=O) groups is 1. The van der Waals surface area contributed by atoms with Crippen LogP contribution < -0.4 is 5.32 Å². The maximum Gasteiger partial charge on any atom is 0.310 e. The van der Waals surface area contributed by atoms with E-state index in [1.807, 2.05) is 32.1 Å². The Labute approximate surface area is 157 Å². The summed E-state index contributed by atoms with van der Waals surface area (Å²) in [6.07, 6.45) is 2.01. The van der Waals surface area contributed by atoms with E-state index in [4.69, 9.17) is 4.74 Å². The van der Waals surface area contributed by atoms with Crippen molar-refractivity contribution in [3.05, 3.63) is 22.4 Å². The highest BCUT2D eigenvalue weighted by Crippen LogP contribution is 2.14. The van der Waals surface area contributed by atoms with Gasteiger partial charge in [-0.05, 0) is 22.0 Å². The summed E-state index contributed by atoms with van der Waals surface area (Å²) >= 11 is 3.46. The number of ether oxygens (including phenoxy) is 1. The van der Waals surface area contributed by atoms with Gasteiger partial charge in [0.15, 0.2) is 5.96 Å². The van der Waals surface area contributed by atoms with Crippen molar-refractivity contribution in [1.82, 2.24) is 14.8 Å². The molecule has 1 unspecified atom stereocenters. The van der Waals surface area contributed by atoms with Crippen molar-refractivity contribution < 1.29 is 9.53 Å². The summed E-state index contributed by atoms with van der Waals surface area (Å²) in [4.78, 5) is 17.6. The molecule has 1 atom stereocenters. The highest BCUT2D eigenvalue weighted by atomic mass is 127. The number of rotatable bonds is 5. The number of hydrogen-bond donors (Lipinski definition) is 1. The van der Waals surface area contributed by atoms with Gasteiger partial charge in [-0.2, -0.15) is 0 Å². The van der Waals surface area contributed by atoms with E-state index < -0.39 is 0 Å². The van der Waals surface area contributed by atoms with Crippen molar-refractivity contribution in [2.75, 3.05) is 27.7 Å². The van der Waals surface area contributed by atoms with Gasteiger partial charge in [-0.1, -0.05) is 6.92 Å². The van der Waals surface area contributed by atoms with E-state index in [0.717, 1.165) is 16.1 Å². The first-order valence-electron chi connectivity index (χ1n) is 6.69. The smallest absolute Gasteiger partial charge is 0.310 e. The first kappa shape index (κ1) is 21.2. The van der Waals surface area contributed by atoms with E-state index in [1.54, 1.807) is 7.05 Å². The van der Waals surface area contributed by atoms with Gasteiger partial charge in [0, 0.05) is 44.1 Å². The van der Waals surface area contributed by atoms with Gasteiger partial charge in [0.2, 0.25) is 0 Å². The second kappa shape index (κ2) is 10.1. The molecule has 0 saturated heterocycles. The molecule has 0 spiro atoms. The van der Waals surface area contributed by atoms with Crippen LogP contribution in [0.3, 0.4) is 0 Å². The van der Waals surface area contributed by atoms with Crippen LogP contribution >= 0.6 is 39.9 Å². The SMILES string of the molecule is CN=C(NCC(C)C(=O)OC)N(C)Cc1cc(Br)cn1C.I. The van der Waals surface area contributed by atoms with Crippen LogP contribution in [0.5, 0.6) is 0 Å². The third-order valence-electron chi connectivity index (χ3n) is 3.22. The minimum Gasteiger partial charge on any atom is -0.469 e. The summed E-state index contributed by atoms with van der Waals surface area (Å²) in [6, 6.07) is 2.07. The van der Waals surface area contributed by atoms with Crippen molar-refractivity contribution in [1.29, 1.82) is 0 Å². The number of aliphatic imine (C=N–C) groups is 1. The Morgan fingerprint density at radius 1 is 1.59 bits per heavy atom. The summed E-state index contributed by atoms with van der Waals surface area (Å²) < 4.78 is 7.82. The van der Waals surface area contributed by atoms with E-state index >= 15 is 0 Å². The Kier molecular flexibility index (Phi) is 9.74. The lowest BCUT2D eigenvalue weighted by Crippen LogP contribution is -2.41. The molecule has 0 fully saturated rings.